The zero-order valence-corrected chi connectivity index (χ0v) is 17.0. The Kier molecular flexibility index (Phi) is 6.23. The van der Waals surface area contributed by atoms with Gasteiger partial charge in [-0.25, -0.2) is 9.59 Å². The van der Waals surface area contributed by atoms with Crippen molar-refractivity contribution >= 4 is 12.1 Å². The van der Waals surface area contributed by atoms with Crippen LogP contribution in [0.3, 0.4) is 0 Å². The van der Waals surface area contributed by atoms with Crippen molar-refractivity contribution in [1.29, 1.82) is 0 Å². The molecule has 1 amide bonds. The lowest BCUT2D eigenvalue weighted by Crippen LogP contribution is -2.53. The molecule has 6 heteroatoms. The fourth-order valence-electron chi connectivity index (χ4n) is 4.01. The van der Waals surface area contributed by atoms with Crippen LogP contribution in [-0.2, 0) is 14.3 Å². The number of methoxy groups -OCH3 is 1. The molecule has 6 nitrogen and oxygen atoms in total. The van der Waals surface area contributed by atoms with Crippen molar-refractivity contribution in [2.75, 3.05) is 20.3 Å². The van der Waals surface area contributed by atoms with Crippen molar-refractivity contribution in [3.8, 4) is 11.1 Å². The molecule has 0 radical (unpaired) electrons. The van der Waals surface area contributed by atoms with Crippen molar-refractivity contribution in [3.05, 3.63) is 59.7 Å². The quantitative estimate of drug-likeness (QED) is 0.702. The average Bonchev–Trinajstić information content (AvgIpc) is 3.04. The van der Waals surface area contributed by atoms with Gasteiger partial charge in [0.2, 0.25) is 0 Å². The molecule has 29 heavy (non-hydrogen) atoms. The second-order valence-electron chi connectivity index (χ2n) is 7.68. The van der Waals surface area contributed by atoms with Gasteiger partial charge >= 0.3 is 12.1 Å². The minimum absolute atomic E-state index is 0.0760. The van der Waals surface area contributed by atoms with Crippen LogP contribution in [0, 0.1) is 5.41 Å². The Balaban J connectivity index is 1.73. The van der Waals surface area contributed by atoms with E-state index < -0.39 is 23.5 Å². The molecule has 2 aromatic rings. The molecule has 0 aliphatic heterocycles. The molecule has 2 N–H and O–H groups in total. The summed E-state index contributed by atoms with van der Waals surface area (Å²) < 4.78 is 10.7. The lowest BCUT2D eigenvalue weighted by molar-refractivity contribution is -0.144. The van der Waals surface area contributed by atoms with Crippen LogP contribution in [0.5, 0.6) is 0 Å². The first-order chi connectivity index (χ1) is 13.9. The number of hydrogen-bond acceptors (Lipinski definition) is 4. The predicted molar refractivity (Wildman–Crippen MR) is 110 cm³/mol. The molecular weight excluding hydrogens is 370 g/mol. The molecule has 154 valence electrons. The van der Waals surface area contributed by atoms with Gasteiger partial charge in [-0.05, 0) is 28.7 Å². The third-order valence-corrected chi connectivity index (χ3v) is 5.83. The summed E-state index contributed by atoms with van der Waals surface area (Å²) in [5.74, 6) is -1.19. The molecule has 1 aliphatic carbocycles. The first kappa shape index (κ1) is 20.9. The Morgan fingerprint density at radius 1 is 1.10 bits per heavy atom. The second-order valence-corrected chi connectivity index (χ2v) is 7.68. The number of amides is 1. The SMILES string of the molecule is CC[C@@](C)(COC)[C@H](NC(=O)OCC1c2ccccc2-c2ccccc21)C(=O)O. The van der Waals surface area contributed by atoms with Gasteiger partial charge in [-0.1, -0.05) is 62.4 Å². The maximum absolute atomic E-state index is 12.5. The smallest absolute Gasteiger partial charge is 0.407 e. The molecule has 0 unspecified atom stereocenters. The lowest BCUT2D eigenvalue weighted by atomic mass is 9.80. The molecule has 0 fully saturated rings. The highest BCUT2D eigenvalue weighted by atomic mass is 16.5. The van der Waals surface area contributed by atoms with Gasteiger partial charge in [-0.3, -0.25) is 0 Å². The molecule has 0 aromatic heterocycles. The number of carboxylic acid groups (broad SMARTS) is 1. The van der Waals surface area contributed by atoms with Gasteiger partial charge in [0, 0.05) is 18.4 Å². The summed E-state index contributed by atoms with van der Waals surface area (Å²) in [6, 6.07) is 15.0. The highest BCUT2D eigenvalue weighted by Crippen LogP contribution is 2.44. The highest BCUT2D eigenvalue weighted by Gasteiger charge is 2.40. The highest BCUT2D eigenvalue weighted by molar-refractivity contribution is 5.81. The van der Waals surface area contributed by atoms with Crippen LogP contribution < -0.4 is 5.32 Å². The molecule has 1 aliphatic rings. The number of nitrogens with one attached hydrogen (secondary N) is 1. The van der Waals surface area contributed by atoms with Crippen LogP contribution in [0.1, 0.15) is 37.3 Å². The normalized spacial score (nSPS) is 15.7. The molecule has 0 saturated heterocycles. The van der Waals surface area contributed by atoms with Gasteiger partial charge in [0.25, 0.3) is 0 Å². The predicted octanol–water partition coefficient (Wildman–Crippen LogP) is 4.04. The largest absolute Gasteiger partial charge is 0.480 e. The van der Waals surface area contributed by atoms with Crippen LogP contribution in [-0.4, -0.2) is 43.5 Å². The van der Waals surface area contributed by atoms with E-state index in [1.54, 1.807) is 6.92 Å². The number of hydrogen-bond donors (Lipinski definition) is 2. The van der Waals surface area contributed by atoms with E-state index in [0.717, 1.165) is 22.3 Å². The fourth-order valence-corrected chi connectivity index (χ4v) is 4.01. The van der Waals surface area contributed by atoms with Gasteiger partial charge in [0.15, 0.2) is 0 Å². The Labute approximate surface area is 170 Å². The minimum atomic E-state index is -1.11. The first-order valence-electron chi connectivity index (χ1n) is 9.74. The van der Waals surface area contributed by atoms with Gasteiger partial charge in [0.1, 0.15) is 12.6 Å². The van der Waals surface area contributed by atoms with Crippen LogP contribution in [0.15, 0.2) is 48.5 Å². The van der Waals surface area contributed by atoms with Gasteiger partial charge in [-0.2, -0.15) is 0 Å². The van der Waals surface area contributed by atoms with E-state index in [1.165, 1.54) is 7.11 Å². The number of carboxylic acids is 1. The molecule has 0 saturated carbocycles. The topological polar surface area (TPSA) is 84.9 Å². The van der Waals surface area contributed by atoms with E-state index in [9.17, 15) is 14.7 Å². The van der Waals surface area contributed by atoms with E-state index in [4.69, 9.17) is 9.47 Å². The van der Waals surface area contributed by atoms with E-state index in [-0.39, 0.29) is 19.1 Å². The molecular formula is C23H27NO5. The maximum atomic E-state index is 12.5. The number of aliphatic carboxylic acids is 1. The Hall–Kier alpha value is -2.86. The molecule has 0 bridgehead atoms. The third-order valence-electron chi connectivity index (χ3n) is 5.83. The third kappa shape index (κ3) is 4.12. The molecule has 0 heterocycles. The number of fused-ring (bicyclic) bond motifs is 3. The van der Waals surface area contributed by atoms with Crippen molar-refractivity contribution in [1.82, 2.24) is 5.32 Å². The maximum Gasteiger partial charge on any atom is 0.407 e. The Morgan fingerprint density at radius 2 is 1.66 bits per heavy atom. The summed E-state index contributed by atoms with van der Waals surface area (Å²) in [7, 11) is 1.51. The van der Waals surface area contributed by atoms with E-state index >= 15 is 0 Å². The van der Waals surface area contributed by atoms with Gasteiger partial charge < -0.3 is 19.9 Å². The molecule has 2 aromatic carbocycles. The van der Waals surface area contributed by atoms with Crippen molar-refractivity contribution < 1.29 is 24.2 Å². The fraction of sp³-hybridized carbons (Fsp3) is 0.391. The second kappa shape index (κ2) is 8.66. The van der Waals surface area contributed by atoms with Crippen molar-refractivity contribution in [2.45, 2.75) is 32.2 Å². The number of rotatable bonds is 8. The van der Waals surface area contributed by atoms with E-state index in [1.807, 2.05) is 43.3 Å². The van der Waals surface area contributed by atoms with Crippen LogP contribution in [0.25, 0.3) is 11.1 Å². The molecule has 3 rings (SSSR count). The number of ether oxygens (including phenoxy) is 2. The first-order valence-corrected chi connectivity index (χ1v) is 9.74. The number of carbonyl (C=O) groups excluding carboxylic acids is 1. The van der Waals surface area contributed by atoms with Crippen molar-refractivity contribution in [3.63, 3.8) is 0 Å². The number of alkyl carbamates (subject to hydrolysis) is 1. The Bertz CT molecular complexity index is 851. The monoisotopic (exact) mass is 397 g/mol. The van der Waals surface area contributed by atoms with Gasteiger partial charge in [-0.15, -0.1) is 0 Å². The zero-order valence-electron chi connectivity index (χ0n) is 17.0. The summed E-state index contributed by atoms with van der Waals surface area (Å²) in [6.45, 7) is 4.00. The number of carbonyl (C=O) groups is 2. The minimum Gasteiger partial charge on any atom is -0.480 e. The molecule has 2 atom stereocenters. The van der Waals surface area contributed by atoms with Crippen LogP contribution in [0.4, 0.5) is 4.79 Å². The average molecular weight is 397 g/mol. The van der Waals surface area contributed by atoms with E-state index in [2.05, 4.69) is 17.4 Å². The summed E-state index contributed by atoms with van der Waals surface area (Å²) in [4.78, 5) is 24.2. The van der Waals surface area contributed by atoms with E-state index in [0.29, 0.717) is 6.42 Å². The zero-order chi connectivity index (χ0) is 21.0. The standard InChI is InChI=1S/C23H27NO5/c1-4-23(2,14-28-3)20(21(25)26)24-22(27)29-13-19-17-11-7-5-9-15(17)16-10-6-8-12-18(16)19/h5-12,19-20H,4,13-14H2,1-3H3,(H,24,27)(H,25,26)/t20-,23+/m1/s1. The lowest BCUT2D eigenvalue weighted by Gasteiger charge is -2.33. The molecule has 0 spiro atoms. The summed E-state index contributed by atoms with van der Waals surface area (Å²) in [5, 5.41) is 12.2. The van der Waals surface area contributed by atoms with Crippen LogP contribution in [0.2, 0.25) is 0 Å². The number of benzene rings is 2. The summed E-state index contributed by atoms with van der Waals surface area (Å²) >= 11 is 0. The van der Waals surface area contributed by atoms with Gasteiger partial charge in [0.05, 0.1) is 6.61 Å². The van der Waals surface area contributed by atoms with Crippen molar-refractivity contribution in [2.24, 2.45) is 5.41 Å². The summed E-state index contributed by atoms with van der Waals surface area (Å²) in [5.41, 5.74) is 3.74. The summed E-state index contributed by atoms with van der Waals surface area (Å²) in [6.07, 6.45) is -0.211. The van der Waals surface area contributed by atoms with Crippen LogP contribution >= 0.6 is 0 Å². The Morgan fingerprint density at radius 3 is 2.14 bits per heavy atom.